The number of alkyl halides is 1. The molecule has 0 aliphatic carbocycles. The molecule has 78 valence electrons. The van der Waals surface area contributed by atoms with Crippen LogP contribution in [0.1, 0.15) is 10.4 Å². The molecule has 0 unspecified atom stereocenters. The summed E-state index contributed by atoms with van der Waals surface area (Å²) in [5, 5.41) is 0. The first-order chi connectivity index (χ1) is 7.15. The third-order valence-electron chi connectivity index (χ3n) is 1.54. The third kappa shape index (κ3) is 3.18. The average Bonchev–Trinajstić information content (AvgIpc) is 2.29. The molecular formula is C10H7ClO4. The molecule has 1 aromatic carbocycles. The first-order valence-corrected chi connectivity index (χ1v) is 4.59. The highest BCUT2D eigenvalue weighted by atomic mass is 35.5. The Balaban J connectivity index is 2.70. The molecule has 0 aliphatic heterocycles. The highest BCUT2D eigenvalue weighted by Gasteiger charge is 2.20. The van der Waals surface area contributed by atoms with E-state index in [1.165, 1.54) is 12.1 Å². The maximum Gasteiger partial charge on any atom is 0.387 e. The van der Waals surface area contributed by atoms with Crippen LogP contribution in [0, 0.1) is 0 Å². The lowest BCUT2D eigenvalue weighted by Gasteiger charge is -1.99. The van der Waals surface area contributed by atoms with Crippen molar-refractivity contribution in [3.05, 3.63) is 35.9 Å². The van der Waals surface area contributed by atoms with Gasteiger partial charge in [0.1, 0.15) is 5.88 Å². The van der Waals surface area contributed by atoms with Crippen molar-refractivity contribution in [1.29, 1.82) is 0 Å². The summed E-state index contributed by atoms with van der Waals surface area (Å²) in [4.78, 5) is 33.0. The van der Waals surface area contributed by atoms with E-state index in [0.29, 0.717) is 0 Å². The summed E-state index contributed by atoms with van der Waals surface area (Å²) in [6.45, 7) is 0. The van der Waals surface area contributed by atoms with Crippen LogP contribution in [0.15, 0.2) is 30.3 Å². The van der Waals surface area contributed by atoms with Crippen LogP contribution in [0.5, 0.6) is 0 Å². The number of ketones is 1. The summed E-state index contributed by atoms with van der Waals surface area (Å²) in [6.07, 6.45) is 0. The molecule has 0 aromatic heterocycles. The van der Waals surface area contributed by atoms with Crippen molar-refractivity contribution in [1.82, 2.24) is 0 Å². The van der Waals surface area contributed by atoms with E-state index >= 15 is 0 Å². The number of carbonyl (C=O) groups is 3. The summed E-state index contributed by atoms with van der Waals surface area (Å²) in [5.74, 6) is -3.49. The van der Waals surface area contributed by atoms with E-state index in [0.717, 1.165) is 0 Å². The molecule has 1 rings (SSSR count). The van der Waals surface area contributed by atoms with Gasteiger partial charge < -0.3 is 4.74 Å². The van der Waals surface area contributed by atoms with Gasteiger partial charge in [0, 0.05) is 5.56 Å². The maximum absolute atomic E-state index is 11.3. The average molecular weight is 227 g/mol. The highest BCUT2D eigenvalue weighted by molar-refractivity contribution is 6.42. The molecule has 0 radical (unpaired) electrons. The Morgan fingerprint density at radius 2 is 1.73 bits per heavy atom. The Bertz CT molecular complexity index is 386. The number of halogens is 1. The fourth-order valence-corrected chi connectivity index (χ4v) is 0.939. The van der Waals surface area contributed by atoms with Gasteiger partial charge in [-0.1, -0.05) is 30.3 Å². The monoisotopic (exact) mass is 226 g/mol. The molecular weight excluding hydrogens is 220 g/mol. The van der Waals surface area contributed by atoms with Crippen LogP contribution < -0.4 is 0 Å². The molecule has 5 heteroatoms. The lowest BCUT2D eigenvalue weighted by Crippen LogP contribution is -2.21. The first kappa shape index (κ1) is 11.4. The normalized spacial score (nSPS) is 9.40. The van der Waals surface area contributed by atoms with Gasteiger partial charge in [0.05, 0.1) is 0 Å². The van der Waals surface area contributed by atoms with Crippen LogP contribution in [-0.4, -0.2) is 23.6 Å². The van der Waals surface area contributed by atoms with Crippen LogP contribution in [0.4, 0.5) is 0 Å². The standard InChI is InChI=1S/C10H7ClO4/c11-6-8(12)15-10(14)9(13)7-4-2-1-3-5-7/h1-5H,6H2. The minimum absolute atomic E-state index is 0.171. The number of hydrogen-bond acceptors (Lipinski definition) is 4. The van der Waals surface area contributed by atoms with E-state index in [1.807, 2.05) is 0 Å². The maximum atomic E-state index is 11.3. The van der Waals surface area contributed by atoms with E-state index in [1.54, 1.807) is 18.2 Å². The van der Waals surface area contributed by atoms with Crippen molar-refractivity contribution in [3.63, 3.8) is 0 Å². The first-order valence-electron chi connectivity index (χ1n) is 4.05. The van der Waals surface area contributed by atoms with Crippen LogP contribution >= 0.6 is 11.6 Å². The molecule has 0 fully saturated rings. The smallest absolute Gasteiger partial charge is 0.386 e. The minimum Gasteiger partial charge on any atom is -0.386 e. The fraction of sp³-hybridized carbons (Fsp3) is 0.100. The molecule has 0 heterocycles. The Morgan fingerprint density at radius 3 is 2.27 bits per heavy atom. The number of carbonyl (C=O) groups excluding carboxylic acids is 3. The molecule has 0 amide bonds. The number of hydrogen-bond donors (Lipinski definition) is 0. The van der Waals surface area contributed by atoms with Gasteiger partial charge >= 0.3 is 11.9 Å². The van der Waals surface area contributed by atoms with Crippen molar-refractivity contribution in [3.8, 4) is 0 Å². The fourth-order valence-electron chi connectivity index (χ4n) is 0.884. The van der Waals surface area contributed by atoms with Crippen molar-refractivity contribution in [2.45, 2.75) is 0 Å². The number of Topliss-reactive ketones (excluding diaryl/α,β-unsaturated/α-hetero) is 1. The Hall–Kier alpha value is -1.68. The molecule has 0 atom stereocenters. The topological polar surface area (TPSA) is 60.4 Å². The lowest BCUT2D eigenvalue weighted by molar-refractivity contribution is -0.154. The van der Waals surface area contributed by atoms with Crippen LogP contribution in [0.3, 0.4) is 0 Å². The summed E-state index contributed by atoms with van der Waals surface area (Å²) in [5.41, 5.74) is 0.171. The molecule has 4 nitrogen and oxygen atoms in total. The van der Waals surface area contributed by atoms with Gasteiger partial charge in [-0.15, -0.1) is 11.6 Å². The molecule has 0 saturated carbocycles. The molecule has 15 heavy (non-hydrogen) atoms. The van der Waals surface area contributed by atoms with Crippen molar-refractivity contribution < 1.29 is 19.1 Å². The second-order valence-corrected chi connectivity index (χ2v) is 2.86. The molecule has 0 aliphatic rings. The zero-order valence-corrected chi connectivity index (χ0v) is 8.36. The quantitative estimate of drug-likeness (QED) is 0.255. The van der Waals surface area contributed by atoms with Gasteiger partial charge in [-0.3, -0.25) is 9.59 Å². The second-order valence-electron chi connectivity index (χ2n) is 2.59. The molecule has 1 aromatic rings. The summed E-state index contributed by atoms with van der Waals surface area (Å²) in [6, 6.07) is 7.81. The van der Waals surface area contributed by atoms with Gasteiger partial charge in [-0.25, -0.2) is 4.79 Å². The summed E-state index contributed by atoms with van der Waals surface area (Å²) in [7, 11) is 0. The highest BCUT2D eigenvalue weighted by Crippen LogP contribution is 2.01. The SMILES string of the molecule is O=C(CCl)OC(=O)C(=O)c1ccccc1. The number of esters is 2. The van der Waals surface area contributed by atoms with Crippen molar-refractivity contribution >= 4 is 29.3 Å². The summed E-state index contributed by atoms with van der Waals surface area (Å²) < 4.78 is 4.16. The third-order valence-corrected chi connectivity index (χ3v) is 1.76. The lowest BCUT2D eigenvalue weighted by atomic mass is 10.1. The number of benzene rings is 1. The van der Waals surface area contributed by atoms with Crippen LogP contribution in [0.2, 0.25) is 0 Å². The molecule has 0 spiro atoms. The van der Waals surface area contributed by atoms with Gasteiger partial charge in [-0.2, -0.15) is 0 Å². The predicted molar refractivity (Wildman–Crippen MR) is 52.6 cm³/mol. The largest absolute Gasteiger partial charge is 0.387 e. The number of ether oxygens (including phenoxy) is 1. The molecule has 0 bridgehead atoms. The van der Waals surface area contributed by atoms with E-state index < -0.39 is 23.6 Å². The molecule has 0 saturated heterocycles. The summed E-state index contributed by atoms with van der Waals surface area (Å²) >= 11 is 5.11. The van der Waals surface area contributed by atoms with Gasteiger partial charge in [-0.05, 0) is 0 Å². The predicted octanol–water partition coefficient (Wildman–Crippen LogP) is 1.18. The molecule has 0 N–H and O–H groups in total. The Kier molecular flexibility index (Phi) is 4.00. The van der Waals surface area contributed by atoms with E-state index in [2.05, 4.69) is 4.74 Å². The van der Waals surface area contributed by atoms with Crippen LogP contribution in [0.25, 0.3) is 0 Å². The van der Waals surface area contributed by atoms with Crippen molar-refractivity contribution in [2.75, 3.05) is 5.88 Å². The van der Waals surface area contributed by atoms with E-state index in [4.69, 9.17) is 11.6 Å². The second kappa shape index (κ2) is 5.26. The van der Waals surface area contributed by atoms with Crippen molar-refractivity contribution in [2.24, 2.45) is 0 Å². The van der Waals surface area contributed by atoms with Gasteiger partial charge in [0.15, 0.2) is 0 Å². The van der Waals surface area contributed by atoms with Crippen LogP contribution in [-0.2, 0) is 14.3 Å². The zero-order valence-electron chi connectivity index (χ0n) is 7.60. The van der Waals surface area contributed by atoms with Gasteiger partial charge in [0.2, 0.25) is 0 Å². The van der Waals surface area contributed by atoms with Gasteiger partial charge in [0.25, 0.3) is 5.78 Å². The Morgan fingerprint density at radius 1 is 1.13 bits per heavy atom. The number of rotatable bonds is 3. The van der Waals surface area contributed by atoms with E-state index in [-0.39, 0.29) is 5.56 Å². The zero-order chi connectivity index (χ0) is 11.3. The minimum atomic E-state index is -1.22. The van der Waals surface area contributed by atoms with E-state index in [9.17, 15) is 14.4 Å². The Labute approximate surface area is 90.8 Å².